The van der Waals surface area contributed by atoms with Crippen LogP contribution >= 0.6 is 0 Å². The summed E-state index contributed by atoms with van der Waals surface area (Å²) in [6.07, 6.45) is 0. The van der Waals surface area contributed by atoms with Crippen molar-refractivity contribution in [1.29, 1.82) is 0 Å². The van der Waals surface area contributed by atoms with Crippen LogP contribution in [0.25, 0.3) is 0 Å². The molecule has 0 aliphatic rings. The maximum atomic E-state index is 13.4. The van der Waals surface area contributed by atoms with E-state index in [4.69, 9.17) is 0 Å². The molecule has 0 bridgehead atoms. The molecule has 0 radical (unpaired) electrons. The lowest BCUT2D eigenvalue weighted by Crippen LogP contribution is -2.26. The number of sulfone groups is 1. The highest BCUT2D eigenvalue weighted by molar-refractivity contribution is 7.91. The van der Waals surface area contributed by atoms with Gasteiger partial charge in [-0.2, -0.15) is 0 Å². The zero-order valence-electron chi connectivity index (χ0n) is 10.1. The third-order valence-electron chi connectivity index (χ3n) is 2.68. The highest BCUT2D eigenvalue weighted by atomic mass is 32.2. The van der Waals surface area contributed by atoms with Crippen LogP contribution in [-0.4, -0.2) is 26.5 Å². The number of rotatable bonds is 6. The van der Waals surface area contributed by atoms with E-state index in [2.05, 4.69) is 5.32 Å². The molecule has 0 saturated heterocycles. The number of benzene rings is 1. The van der Waals surface area contributed by atoms with Gasteiger partial charge < -0.3 is 5.32 Å². The fourth-order valence-electron chi connectivity index (χ4n) is 1.51. The van der Waals surface area contributed by atoms with Crippen LogP contribution in [0.4, 0.5) is 4.39 Å². The van der Waals surface area contributed by atoms with Crippen molar-refractivity contribution in [2.45, 2.75) is 19.9 Å². The lowest BCUT2D eigenvalue weighted by Gasteiger charge is -2.14. The average molecular weight is 259 g/mol. The predicted octanol–water partition coefficient (Wildman–Crippen LogP) is 1.91. The van der Waals surface area contributed by atoms with Crippen LogP contribution in [-0.2, 0) is 9.84 Å². The highest BCUT2D eigenvalue weighted by Gasteiger charge is 2.11. The second-order valence-electron chi connectivity index (χ2n) is 3.93. The summed E-state index contributed by atoms with van der Waals surface area (Å²) in [4.78, 5) is 0. The van der Waals surface area contributed by atoms with Gasteiger partial charge in [0.1, 0.15) is 5.82 Å². The SMILES string of the molecule is CCS(=O)(=O)CCN[C@H](C)c1ccccc1F. The lowest BCUT2D eigenvalue weighted by molar-refractivity contribution is 0.537. The summed E-state index contributed by atoms with van der Waals surface area (Å²) < 4.78 is 35.9. The van der Waals surface area contributed by atoms with E-state index in [1.165, 1.54) is 6.07 Å². The van der Waals surface area contributed by atoms with Crippen molar-refractivity contribution >= 4 is 9.84 Å². The fourth-order valence-corrected chi connectivity index (χ4v) is 2.23. The summed E-state index contributed by atoms with van der Waals surface area (Å²) in [5, 5.41) is 3.01. The molecule has 1 rings (SSSR count). The smallest absolute Gasteiger partial charge is 0.151 e. The average Bonchev–Trinajstić information content (AvgIpc) is 2.29. The van der Waals surface area contributed by atoms with Crippen LogP contribution in [0.15, 0.2) is 24.3 Å². The van der Waals surface area contributed by atoms with Gasteiger partial charge in [-0.05, 0) is 13.0 Å². The van der Waals surface area contributed by atoms with Crippen molar-refractivity contribution in [1.82, 2.24) is 5.32 Å². The summed E-state index contributed by atoms with van der Waals surface area (Å²) in [6, 6.07) is 6.30. The topological polar surface area (TPSA) is 46.2 Å². The van der Waals surface area contributed by atoms with E-state index in [1.54, 1.807) is 25.1 Å². The van der Waals surface area contributed by atoms with E-state index in [-0.39, 0.29) is 23.4 Å². The van der Waals surface area contributed by atoms with Crippen LogP contribution in [0.3, 0.4) is 0 Å². The Morgan fingerprint density at radius 2 is 2.00 bits per heavy atom. The first-order valence-corrected chi connectivity index (χ1v) is 7.46. The molecule has 96 valence electrons. The molecule has 1 aromatic rings. The molecule has 0 fully saturated rings. The number of halogens is 1. The number of nitrogens with one attached hydrogen (secondary N) is 1. The van der Waals surface area contributed by atoms with Crippen LogP contribution in [0.1, 0.15) is 25.5 Å². The molecule has 0 heterocycles. The minimum Gasteiger partial charge on any atom is -0.309 e. The summed E-state index contributed by atoms with van der Waals surface area (Å²) in [5.74, 6) is -0.0451. The van der Waals surface area contributed by atoms with Gasteiger partial charge in [0.25, 0.3) is 0 Å². The van der Waals surface area contributed by atoms with Gasteiger partial charge in [-0.25, -0.2) is 12.8 Å². The van der Waals surface area contributed by atoms with Crippen LogP contribution in [0, 0.1) is 5.82 Å². The van der Waals surface area contributed by atoms with Crippen molar-refractivity contribution in [3.63, 3.8) is 0 Å². The second-order valence-corrected chi connectivity index (χ2v) is 6.41. The summed E-state index contributed by atoms with van der Waals surface area (Å²) in [5.41, 5.74) is 0.557. The van der Waals surface area contributed by atoms with Crippen molar-refractivity contribution < 1.29 is 12.8 Å². The molecule has 0 saturated carbocycles. The zero-order valence-corrected chi connectivity index (χ0v) is 10.9. The predicted molar refractivity (Wildman–Crippen MR) is 67.1 cm³/mol. The Balaban J connectivity index is 2.51. The Morgan fingerprint density at radius 1 is 1.35 bits per heavy atom. The first-order chi connectivity index (χ1) is 7.96. The summed E-state index contributed by atoms with van der Waals surface area (Å²) in [7, 11) is -2.96. The molecule has 0 aromatic heterocycles. The van der Waals surface area contributed by atoms with Crippen LogP contribution in [0.2, 0.25) is 0 Å². The maximum Gasteiger partial charge on any atom is 0.151 e. The summed E-state index contributed by atoms with van der Waals surface area (Å²) >= 11 is 0. The third kappa shape index (κ3) is 4.44. The molecule has 0 unspecified atom stereocenters. The molecule has 1 N–H and O–H groups in total. The van der Waals surface area contributed by atoms with Gasteiger partial charge in [0.15, 0.2) is 9.84 Å². The lowest BCUT2D eigenvalue weighted by atomic mass is 10.1. The Kier molecular flexibility index (Phi) is 5.08. The minimum atomic E-state index is -2.96. The molecule has 5 heteroatoms. The van der Waals surface area contributed by atoms with Gasteiger partial charge in [-0.15, -0.1) is 0 Å². The van der Waals surface area contributed by atoms with Crippen molar-refractivity contribution in [2.75, 3.05) is 18.1 Å². The maximum absolute atomic E-state index is 13.4. The van der Waals surface area contributed by atoms with Crippen molar-refractivity contribution in [3.05, 3.63) is 35.6 Å². The van der Waals surface area contributed by atoms with E-state index < -0.39 is 9.84 Å². The summed E-state index contributed by atoms with van der Waals surface area (Å²) in [6.45, 7) is 3.78. The monoisotopic (exact) mass is 259 g/mol. The Hall–Kier alpha value is -0.940. The molecule has 0 spiro atoms. The van der Waals surface area contributed by atoms with E-state index in [0.717, 1.165) is 0 Å². The first-order valence-electron chi connectivity index (χ1n) is 5.64. The van der Waals surface area contributed by atoms with E-state index >= 15 is 0 Å². The Labute approximate surface area is 102 Å². The molecule has 3 nitrogen and oxygen atoms in total. The minimum absolute atomic E-state index is 0.0856. The van der Waals surface area contributed by atoms with Crippen LogP contribution in [0.5, 0.6) is 0 Å². The van der Waals surface area contributed by atoms with Gasteiger partial charge in [-0.3, -0.25) is 0 Å². The third-order valence-corrected chi connectivity index (χ3v) is 4.38. The second kappa shape index (κ2) is 6.12. The molecule has 0 amide bonds. The van der Waals surface area contributed by atoms with E-state index in [1.807, 2.05) is 6.92 Å². The number of hydrogen-bond donors (Lipinski definition) is 1. The fraction of sp³-hybridized carbons (Fsp3) is 0.500. The standard InChI is InChI=1S/C12H18FNO2S/c1-3-17(15,16)9-8-14-10(2)11-6-4-5-7-12(11)13/h4-7,10,14H,3,8-9H2,1-2H3/t10-/m1/s1. The molecule has 17 heavy (non-hydrogen) atoms. The molecular formula is C12H18FNO2S. The highest BCUT2D eigenvalue weighted by Crippen LogP contribution is 2.15. The van der Waals surface area contributed by atoms with Gasteiger partial charge in [0, 0.05) is 23.9 Å². The largest absolute Gasteiger partial charge is 0.309 e. The van der Waals surface area contributed by atoms with Crippen molar-refractivity contribution in [3.8, 4) is 0 Å². The Morgan fingerprint density at radius 3 is 2.59 bits per heavy atom. The van der Waals surface area contributed by atoms with Crippen LogP contribution < -0.4 is 5.32 Å². The zero-order chi connectivity index (χ0) is 12.9. The molecule has 1 aromatic carbocycles. The van der Waals surface area contributed by atoms with Gasteiger partial charge in [0.05, 0.1) is 5.75 Å². The van der Waals surface area contributed by atoms with Gasteiger partial charge in [0.2, 0.25) is 0 Å². The quantitative estimate of drug-likeness (QED) is 0.849. The van der Waals surface area contributed by atoms with E-state index in [0.29, 0.717) is 12.1 Å². The van der Waals surface area contributed by atoms with E-state index in [9.17, 15) is 12.8 Å². The van der Waals surface area contributed by atoms with Gasteiger partial charge >= 0.3 is 0 Å². The Bertz CT molecular complexity index is 459. The normalized spacial score (nSPS) is 13.6. The molecule has 0 aliphatic carbocycles. The molecular weight excluding hydrogens is 241 g/mol. The molecule has 0 aliphatic heterocycles. The first kappa shape index (κ1) is 14.1. The number of hydrogen-bond acceptors (Lipinski definition) is 3. The molecule has 1 atom stereocenters. The van der Waals surface area contributed by atoms with Gasteiger partial charge in [-0.1, -0.05) is 25.1 Å². The van der Waals surface area contributed by atoms with Crippen molar-refractivity contribution in [2.24, 2.45) is 0 Å².